The molecule has 0 amide bonds. The molecule has 3 heterocycles. The molecular weight excluding hydrogens is 521 g/mol. The summed E-state index contributed by atoms with van der Waals surface area (Å²) in [5, 5.41) is 33.8. The van der Waals surface area contributed by atoms with E-state index in [0.29, 0.717) is 5.57 Å². The molecule has 1 aromatic heterocycles. The molecule has 1 fully saturated rings. The van der Waals surface area contributed by atoms with Crippen LogP contribution in [0.2, 0.25) is 0 Å². The maximum absolute atomic E-state index is 14.0. The molecule has 0 radical (unpaired) electrons. The van der Waals surface area contributed by atoms with Gasteiger partial charge in [0.15, 0.2) is 0 Å². The zero-order chi connectivity index (χ0) is 29.3. The normalized spacial score (nSPS) is 34.6. The molecule has 9 nitrogen and oxygen atoms in total. The van der Waals surface area contributed by atoms with Crippen molar-refractivity contribution in [3.8, 4) is 0 Å². The van der Waals surface area contributed by atoms with Gasteiger partial charge in [-0.15, -0.1) is 0 Å². The summed E-state index contributed by atoms with van der Waals surface area (Å²) in [5.41, 5.74) is -1.58. The lowest BCUT2D eigenvalue weighted by atomic mass is 9.73. The minimum Gasteiger partial charge on any atom is -0.457 e. The minimum atomic E-state index is -4.64. The molecule has 1 aromatic rings. The third kappa shape index (κ3) is 7.36. The van der Waals surface area contributed by atoms with E-state index in [1.807, 2.05) is 0 Å². The summed E-state index contributed by atoms with van der Waals surface area (Å²) in [6.45, 7) is 7.24. The van der Waals surface area contributed by atoms with Crippen molar-refractivity contribution in [3.05, 3.63) is 35.1 Å². The number of hydrogen-bond acceptors (Lipinski definition) is 9. The SMILES string of the molecule is CC(=Cc1coc(CO)n1)[C@H]1C/C=C(/C(F)(F)F)CC2NC2[C@H](C)[C@H](O)[C@@H](C)C(=O)C(C)(C)[C@@H](O)CC(=O)O1. The molecule has 2 aliphatic rings. The van der Waals surface area contributed by atoms with Crippen molar-refractivity contribution in [2.45, 2.75) is 97.1 Å². The first-order valence-corrected chi connectivity index (χ1v) is 12.9. The second kappa shape index (κ2) is 11.9. The molecule has 2 aliphatic heterocycles. The molecule has 0 spiro atoms. The average Bonchev–Trinajstić information content (AvgIpc) is 3.49. The largest absolute Gasteiger partial charge is 0.457 e. The van der Waals surface area contributed by atoms with Crippen LogP contribution in [0.5, 0.6) is 0 Å². The second-order valence-corrected chi connectivity index (χ2v) is 11.1. The van der Waals surface area contributed by atoms with Crippen LogP contribution in [0.15, 0.2) is 27.9 Å². The van der Waals surface area contributed by atoms with E-state index in [0.717, 1.165) is 6.08 Å². The fourth-order valence-corrected chi connectivity index (χ4v) is 5.01. The van der Waals surface area contributed by atoms with Crippen molar-refractivity contribution in [2.75, 3.05) is 0 Å². The maximum atomic E-state index is 14.0. The molecule has 0 aromatic carbocycles. The number of oxazole rings is 1. The summed E-state index contributed by atoms with van der Waals surface area (Å²) < 4.78 is 52.4. The number of ether oxygens (including phenoxy) is 1. The zero-order valence-corrected chi connectivity index (χ0v) is 22.7. The van der Waals surface area contributed by atoms with Crippen LogP contribution in [0.3, 0.4) is 0 Å². The van der Waals surface area contributed by atoms with Gasteiger partial charge < -0.3 is 29.8 Å². The van der Waals surface area contributed by atoms with Gasteiger partial charge in [0.25, 0.3) is 0 Å². The number of nitrogens with zero attached hydrogens (tertiary/aromatic N) is 1. The third-order valence-electron chi connectivity index (χ3n) is 7.83. The number of cyclic esters (lactones) is 1. The van der Waals surface area contributed by atoms with Crippen LogP contribution in [0.4, 0.5) is 13.2 Å². The van der Waals surface area contributed by atoms with Crippen molar-refractivity contribution < 1.29 is 47.2 Å². The van der Waals surface area contributed by atoms with Gasteiger partial charge in [-0.05, 0) is 30.9 Å². The smallest absolute Gasteiger partial charge is 0.412 e. The molecule has 218 valence electrons. The summed E-state index contributed by atoms with van der Waals surface area (Å²) in [6, 6.07) is -0.980. The van der Waals surface area contributed by atoms with Crippen LogP contribution in [0.1, 0.15) is 65.5 Å². The number of aliphatic hydroxyl groups excluding tert-OH is 3. The first-order valence-electron chi connectivity index (χ1n) is 12.9. The highest BCUT2D eigenvalue weighted by atomic mass is 19.4. The minimum absolute atomic E-state index is 0.0402. The van der Waals surface area contributed by atoms with Gasteiger partial charge in [-0.3, -0.25) is 9.59 Å². The van der Waals surface area contributed by atoms with Gasteiger partial charge in [0.2, 0.25) is 5.89 Å². The Labute approximate surface area is 225 Å². The zero-order valence-electron chi connectivity index (χ0n) is 22.7. The van der Waals surface area contributed by atoms with Gasteiger partial charge in [-0.1, -0.05) is 33.8 Å². The molecule has 39 heavy (non-hydrogen) atoms. The van der Waals surface area contributed by atoms with Crippen molar-refractivity contribution in [3.63, 3.8) is 0 Å². The van der Waals surface area contributed by atoms with E-state index in [9.17, 15) is 33.0 Å². The summed E-state index contributed by atoms with van der Waals surface area (Å²) in [7, 11) is 0. The number of aliphatic hydroxyl groups is 3. The second-order valence-electron chi connectivity index (χ2n) is 11.1. The number of fused-ring (bicyclic) bond motifs is 1. The molecule has 7 atom stereocenters. The van der Waals surface area contributed by atoms with E-state index < -0.39 is 84.2 Å². The number of Topliss-reactive ketones (excluding diaryl/α,β-unsaturated/α-hetero) is 1. The van der Waals surface area contributed by atoms with E-state index in [2.05, 4.69) is 10.3 Å². The lowest BCUT2D eigenvalue weighted by Gasteiger charge is -2.34. The van der Waals surface area contributed by atoms with Crippen LogP contribution >= 0.6 is 0 Å². The van der Waals surface area contributed by atoms with Crippen molar-refractivity contribution >= 4 is 17.8 Å². The van der Waals surface area contributed by atoms with Gasteiger partial charge in [-0.2, -0.15) is 13.2 Å². The van der Waals surface area contributed by atoms with Crippen molar-refractivity contribution in [2.24, 2.45) is 17.3 Å². The predicted octanol–water partition coefficient (Wildman–Crippen LogP) is 3.08. The topological polar surface area (TPSA) is 152 Å². The number of halogens is 3. The summed E-state index contributed by atoms with van der Waals surface area (Å²) in [6.07, 6.45) is -5.94. The lowest BCUT2D eigenvalue weighted by molar-refractivity contribution is -0.154. The Morgan fingerprint density at radius 3 is 2.49 bits per heavy atom. The first-order chi connectivity index (χ1) is 18.1. The Morgan fingerprint density at radius 2 is 1.90 bits per heavy atom. The molecule has 0 aliphatic carbocycles. The van der Waals surface area contributed by atoms with Gasteiger partial charge in [0.05, 0.1) is 24.0 Å². The molecule has 0 bridgehead atoms. The predicted molar refractivity (Wildman–Crippen MR) is 134 cm³/mol. The monoisotopic (exact) mass is 558 g/mol. The molecule has 1 saturated heterocycles. The highest BCUT2D eigenvalue weighted by molar-refractivity contribution is 5.88. The Morgan fingerprint density at radius 1 is 1.23 bits per heavy atom. The van der Waals surface area contributed by atoms with Gasteiger partial charge in [0, 0.05) is 30.0 Å². The quantitative estimate of drug-likeness (QED) is 0.249. The summed E-state index contributed by atoms with van der Waals surface area (Å²) in [4.78, 5) is 30.1. The van der Waals surface area contributed by atoms with Gasteiger partial charge in [-0.25, -0.2) is 4.98 Å². The van der Waals surface area contributed by atoms with Gasteiger partial charge >= 0.3 is 12.1 Å². The highest BCUT2D eigenvalue weighted by Crippen LogP contribution is 2.38. The fraction of sp³-hybridized carbons (Fsp3) is 0.667. The number of carbonyl (C=O) groups excluding carboxylic acids is 2. The highest BCUT2D eigenvalue weighted by Gasteiger charge is 2.49. The number of alkyl halides is 3. The van der Waals surface area contributed by atoms with Crippen molar-refractivity contribution in [1.82, 2.24) is 10.3 Å². The van der Waals surface area contributed by atoms with Crippen LogP contribution in [0, 0.1) is 17.3 Å². The van der Waals surface area contributed by atoms with Gasteiger partial charge in [0.1, 0.15) is 30.5 Å². The van der Waals surface area contributed by atoms with Crippen LogP contribution in [-0.2, 0) is 20.9 Å². The summed E-state index contributed by atoms with van der Waals surface area (Å²) >= 11 is 0. The first kappa shape index (κ1) is 31.0. The Hall–Kier alpha value is -2.54. The van der Waals surface area contributed by atoms with E-state index in [4.69, 9.17) is 14.3 Å². The molecule has 0 saturated carbocycles. The summed E-state index contributed by atoms with van der Waals surface area (Å²) in [5.74, 6) is -2.80. The Bertz CT molecular complexity index is 1110. The average molecular weight is 559 g/mol. The van der Waals surface area contributed by atoms with E-state index in [-0.39, 0.29) is 24.4 Å². The van der Waals surface area contributed by atoms with Crippen LogP contribution in [-0.4, -0.2) is 68.6 Å². The number of hydrogen-bond donors (Lipinski definition) is 4. The number of nitrogens with one attached hydrogen (secondary N) is 1. The Balaban J connectivity index is 1.98. The van der Waals surface area contributed by atoms with Crippen LogP contribution in [0.25, 0.3) is 6.08 Å². The third-order valence-corrected chi connectivity index (χ3v) is 7.83. The van der Waals surface area contributed by atoms with Crippen molar-refractivity contribution in [1.29, 1.82) is 0 Å². The molecule has 12 heteroatoms. The lowest BCUT2D eigenvalue weighted by Crippen LogP contribution is -2.46. The number of esters is 1. The van der Waals surface area contributed by atoms with E-state index in [1.54, 1.807) is 13.8 Å². The van der Waals surface area contributed by atoms with Crippen LogP contribution < -0.4 is 5.32 Å². The fourth-order valence-electron chi connectivity index (χ4n) is 5.01. The number of rotatable bonds is 3. The molecule has 3 rings (SSSR count). The van der Waals surface area contributed by atoms with E-state index >= 15 is 0 Å². The maximum Gasteiger partial charge on any atom is 0.412 e. The number of ketones is 1. The Kier molecular flexibility index (Phi) is 9.47. The number of carbonyl (C=O) groups is 2. The van der Waals surface area contributed by atoms with E-state index in [1.165, 1.54) is 33.1 Å². The standard InChI is InChI=1S/C27H37F3N2O7/c1-13(8-17-12-38-21(11-33)31-17)19-7-6-16(27(28,29)30)9-18-23(32-18)14(2)24(36)15(3)25(37)26(4,5)20(34)10-22(35)39-19/h6,8,12,14-15,18-20,23-24,32-34,36H,7,9-11H2,1-5H3/b13-8?,16-6+/t14-,15+,18?,19+,20-,23?,24-/m0/s1. The molecular formula is C27H37F3N2O7. The molecule has 2 unspecified atom stereocenters. The number of aromatic nitrogens is 1. The molecule has 4 N–H and O–H groups in total.